The first-order valence-corrected chi connectivity index (χ1v) is 11.6. The number of nitrogens with two attached hydrogens (primary N) is 1. The molecule has 0 unspecified atom stereocenters. The van der Waals surface area contributed by atoms with Crippen LogP contribution in [-0.2, 0) is 4.79 Å². The number of carbonyl (C=O) groups excluding carboxylic acids is 1. The molecule has 0 aliphatic rings. The van der Waals surface area contributed by atoms with Crippen molar-refractivity contribution in [2.75, 3.05) is 18.5 Å². The molecule has 12 heteroatoms. The van der Waals surface area contributed by atoms with Crippen LogP contribution in [0.15, 0.2) is 53.9 Å². The van der Waals surface area contributed by atoms with Crippen molar-refractivity contribution in [2.45, 2.75) is 39.4 Å². The number of carbonyl (C=O) groups is 1. The number of halogens is 3. The Morgan fingerprint density at radius 3 is 2.42 bits per heavy atom. The number of alkyl halides is 3. The number of anilines is 1. The molecule has 38 heavy (non-hydrogen) atoms. The van der Waals surface area contributed by atoms with E-state index >= 15 is 0 Å². The highest BCUT2D eigenvalue weighted by Gasteiger charge is 2.34. The van der Waals surface area contributed by atoms with Crippen molar-refractivity contribution in [1.82, 2.24) is 15.3 Å². The van der Waals surface area contributed by atoms with Crippen molar-refractivity contribution in [1.29, 1.82) is 5.41 Å². The van der Waals surface area contributed by atoms with Crippen molar-refractivity contribution < 1.29 is 27.4 Å². The minimum atomic E-state index is -4.85. The number of hydrogen-bond donors (Lipinski definition) is 4. The molecule has 1 heterocycles. The average Bonchev–Trinajstić information content (AvgIpc) is 2.84. The molecule has 0 radical (unpaired) electrons. The molecule has 202 valence electrons. The molecule has 1 aromatic heterocycles. The van der Waals surface area contributed by atoms with Gasteiger partial charge in [0.2, 0.25) is 0 Å². The van der Waals surface area contributed by atoms with E-state index in [0.29, 0.717) is 40.8 Å². The Kier molecular flexibility index (Phi) is 8.44. The van der Waals surface area contributed by atoms with Gasteiger partial charge in [-0.15, -0.1) is 0 Å². The molecule has 0 atom stereocenters. The molecule has 0 spiro atoms. The van der Waals surface area contributed by atoms with Crippen LogP contribution in [0.3, 0.4) is 0 Å². The summed E-state index contributed by atoms with van der Waals surface area (Å²) in [6.07, 6.45) is -4.38. The molecular weight excluding hydrogens is 501 g/mol. The molecule has 1 amide bonds. The monoisotopic (exact) mass is 530 g/mol. The van der Waals surface area contributed by atoms with Crippen molar-refractivity contribution in [3.05, 3.63) is 53.9 Å². The number of nitrogens with one attached hydrogen (secondary N) is 3. The number of fused-ring (bicyclic) bond motifs is 1. The summed E-state index contributed by atoms with van der Waals surface area (Å²) in [5.41, 5.74) is 3.61. The van der Waals surface area contributed by atoms with Crippen LogP contribution in [0.4, 0.5) is 19.0 Å². The predicted octanol–water partition coefficient (Wildman–Crippen LogP) is 4.78. The van der Waals surface area contributed by atoms with Crippen LogP contribution in [0.1, 0.15) is 27.7 Å². The summed E-state index contributed by atoms with van der Waals surface area (Å²) >= 11 is 0. The van der Waals surface area contributed by atoms with Gasteiger partial charge in [0, 0.05) is 22.7 Å². The fourth-order valence-corrected chi connectivity index (χ4v) is 3.38. The Bertz CT molecular complexity index is 1370. The normalized spacial score (nSPS) is 12.5. The standard InChI is InChI=1S/C26H29F3N6O3/c1-5-37-17-9-10-19-18(12-17)24(33-20(13-30)22(31)26(27,28)29)34-23(32-19)15-7-6-8-16(11-15)38-14-21(36)35-25(2,3)4/h6-13,30H,5,14,31H2,1-4H3,(H,35,36)(H,32,33,34)/b22-20+,30-13?. The largest absolute Gasteiger partial charge is 0.494 e. The van der Waals surface area contributed by atoms with Gasteiger partial charge in [-0.25, -0.2) is 9.97 Å². The van der Waals surface area contributed by atoms with Crippen molar-refractivity contribution in [3.63, 3.8) is 0 Å². The lowest BCUT2D eigenvalue weighted by atomic mass is 10.1. The molecule has 9 nitrogen and oxygen atoms in total. The maximum absolute atomic E-state index is 13.3. The second kappa shape index (κ2) is 11.4. The summed E-state index contributed by atoms with van der Waals surface area (Å²) in [7, 11) is 0. The average molecular weight is 531 g/mol. The SMILES string of the molecule is CCOc1ccc2nc(-c3cccc(OCC(=O)NC(C)(C)C)c3)nc(N/C(C=N)=C(/N)C(F)(F)F)c2c1. The van der Waals surface area contributed by atoms with Gasteiger partial charge in [0.15, 0.2) is 12.4 Å². The van der Waals surface area contributed by atoms with Gasteiger partial charge in [-0.05, 0) is 58.0 Å². The van der Waals surface area contributed by atoms with Gasteiger partial charge in [0.25, 0.3) is 5.91 Å². The molecular formula is C26H29F3N6O3. The molecule has 0 fully saturated rings. The first kappa shape index (κ1) is 28.2. The molecule has 3 aromatic rings. The highest BCUT2D eigenvalue weighted by atomic mass is 19.4. The van der Waals surface area contributed by atoms with Crippen molar-refractivity contribution in [3.8, 4) is 22.9 Å². The van der Waals surface area contributed by atoms with Crippen LogP contribution < -0.4 is 25.8 Å². The summed E-state index contributed by atoms with van der Waals surface area (Å²) in [5, 5.41) is 13.2. The van der Waals surface area contributed by atoms with E-state index in [0.717, 1.165) is 0 Å². The fraction of sp³-hybridized carbons (Fsp3) is 0.308. The zero-order valence-electron chi connectivity index (χ0n) is 21.4. The second-order valence-corrected chi connectivity index (χ2v) is 9.22. The number of hydrogen-bond acceptors (Lipinski definition) is 8. The molecule has 0 saturated carbocycles. The number of ether oxygens (including phenoxy) is 2. The van der Waals surface area contributed by atoms with Crippen LogP contribution in [0.5, 0.6) is 11.5 Å². The zero-order valence-corrected chi connectivity index (χ0v) is 21.4. The molecule has 0 aliphatic heterocycles. The third kappa shape index (κ3) is 7.34. The van der Waals surface area contributed by atoms with E-state index in [2.05, 4.69) is 20.6 Å². The minimum absolute atomic E-state index is 0.00636. The summed E-state index contributed by atoms with van der Waals surface area (Å²) in [6, 6.07) is 11.5. The number of benzene rings is 2. The zero-order chi connectivity index (χ0) is 28.1. The molecule has 0 bridgehead atoms. The lowest BCUT2D eigenvalue weighted by molar-refractivity contribution is -0.124. The van der Waals surface area contributed by atoms with E-state index < -0.39 is 23.1 Å². The number of aromatic nitrogens is 2. The highest BCUT2D eigenvalue weighted by molar-refractivity contribution is 5.95. The number of nitrogens with zero attached hydrogens (tertiary/aromatic N) is 2. The summed E-state index contributed by atoms with van der Waals surface area (Å²) < 4.78 is 50.9. The lowest BCUT2D eigenvalue weighted by Gasteiger charge is -2.20. The molecule has 5 N–H and O–H groups in total. The first-order valence-electron chi connectivity index (χ1n) is 11.6. The molecule has 0 aliphatic carbocycles. The summed E-state index contributed by atoms with van der Waals surface area (Å²) in [4.78, 5) is 21.1. The van der Waals surface area contributed by atoms with E-state index in [-0.39, 0.29) is 24.2 Å². The highest BCUT2D eigenvalue weighted by Crippen LogP contribution is 2.31. The third-order valence-electron chi connectivity index (χ3n) is 4.95. The number of amides is 1. The Morgan fingerprint density at radius 1 is 1.08 bits per heavy atom. The van der Waals surface area contributed by atoms with Crippen LogP contribution >= 0.6 is 0 Å². The third-order valence-corrected chi connectivity index (χ3v) is 4.95. The maximum Gasteiger partial charge on any atom is 0.432 e. The van der Waals surface area contributed by atoms with Crippen molar-refractivity contribution >= 4 is 28.8 Å². The van der Waals surface area contributed by atoms with Gasteiger partial charge in [0.1, 0.15) is 23.0 Å². The quantitative estimate of drug-likeness (QED) is 0.292. The number of rotatable bonds is 9. The van der Waals surface area contributed by atoms with E-state index in [4.69, 9.17) is 20.6 Å². The summed E-state index contributed by atoms with van der Waals surface area (Å²) in [5.74, 6) is 0.705. The lowest BCUT2D eigenvalue weighted by Crippen LogP contribution is -2.43. The summed E-state index contributed by atoms with van der Waals surface area (Å²) in [6.45, 7) is 7.52. The Hall–Kier alpha value is -4.35. The second-order valence-electron chi connectivity index (χ2n) is 9.22. The van der Waals surface area contributed by atoms with E-state index in [1.165, 1.54) is 0 Å². The molecule has 0 saturated heterocycles. The number of allylic oxidation sites excluding steroid dienone is 2. The van der Waals surface area contributed by atoms with Crippen LogP contribution in [0.25, 0.3) is 22.3 Å². The molecule has 2 aromatic carbocycles. The van der Waals surface area contributed by atoms with Crippen LogP contribution in [0, 0.1) is 5.41 Å². The maximum atomic E-state index is 13.3. The minimum Gasteiger partial charge on any atom is -0.494 e. The van der Waals surface area contributed by atoms with E-state index in [9.17, 15) is 18.0 Å². The van der Waals surface area contributed by atoms with Crippen LogP contribution in [0.2, 0.25) is 0 Å². The predicted molar refractivity (Wildman–Crippen MR) is 139 cm³/mol. The Balaban J connectivity index is 2.04. The topological polar surface area (TPSA) is 135 Å². The van der Waals surface area contributed by atoms with Gasteiger partial charge in [-0.3, -0.25) is 4.79 Å². The van der Waals surface area contributed by atoms with E-state index in [1.54, 1.807) is 49.4 Å². The Labute approximate surface area is 217 Å². The van der Waals surface area contributed by atoms with Gasteiger partial charge in [-0.2, -0.15) is 13.2 Å². The fourth-order valence-electron chi connectivity index (χ4n) is 3.38. The van der Waals surface area contributed by atoms with E-state index in [1.807, 2.05) is 20.8 Å². The van der Waals surface area contributed by atoms with Gasteiger partial charge in [0.05, 0.1) is 17.8 Å². The molecule has 3 rings (SSSR count). The van der Waals surface area contributed by atoms with Crippen LogP contribution in [-0.4, -0.2) is 47.0 Å². The van der Waals surface area contributed by atoms with Gasteiger partial charge < -0.3 is 31.3 Å². The van der Waals surface area contributed by atoms with Crippen molar-refractivity contribution in [2.24, 2.45) is 5.73 Å². The first-order chi connectivity index (χ1) is 17.8. The Morgan fingerprint density at radius 2 is 1.79 bits per heavy atom. The van der Waals surface area contributed by atoms with Gasteiger partial charge >= 0.3 is 6.18 Å². The smallest absolute Gasteiger partial charge is 0.432 e. The van der Waals surface area contributed by atoms with Gasteiger partial charge in [-0.1, -0.05) is 12.1 Å².